The van der Waals surface area contributed by atoms with Crippen molar-refractivity contribution in [1.82, 2.24) is 14.5 Å². The topological polar surface area (TPSA) is 55.2 Å². The Labute approximate surface area is 178 Å². The summed E-state index contributed by atoms with van der Waals surface area (Å²) in [6, 6.07) is 12.0. The lowest BCUT2D eigenvalue weighted by atomic mass is 9.99. The molecule has 0 radical (unpaired) electrons. The van der Waals surface area contributed by atoms with Gasteiger partial charge in [0.2, 0.25) is 5.91 Å². The van der Waals surface area contributed by atoms with E-state index in [-0.39, 0.29) is 17.5 Å². The standard InChI is InChI=1S/C23H24BrN3O2/c1-15-5-6-17(12-16(15)2)21-4-3-10-27(21)22(28)9-11-26-14-25-20-8-7-18(24)13-19(20)23(26)29/h5-8,12-14,21H,3-4,9-11H2,1-2H3. The SMILES string of the molecule is Cc1ccc(C2CCCN2C(=O)CCn2cnc3ccc(Br)cc3c2=O)cc1C. The molecule has 2 aromatic carbocycles. The van der Waals surface area contributed by atoms with Crippen LogP contribution in [-0.4, -0.2) is 26.9 Å². The average Bonchev–Trinajstić information content (AvgIpc) is 3.20. The van der Waals surface area contributed by atoms with Crippen molar-refractivity contribution in [3.05, 3.63) is 74.2 Å². The van der Waals surface area contributed by atoms with Crippen molar-refractivity contribution in [1.29, 1.82) is 0 Å². The van der Waals surface area contributed by atoms with E-state index < -0.39 is 0 Å². The molecule has 0 spiro atoms. The van der Waals surface area contributed by atoms with Gasteiger partial charge in [-0.25, -0.2) is 4.98 Å². The maximum Gasteiger partial charge on any atom is 0.261 e. The van der Waals surface area contributed by atoms with Gasteiger partial charge in [0.25, 0.3) is 5.56 Å². The summed E-state index contributed by atoms with van der Waals surface area (Å²) in [5.74, 6) is 0.0898. The van der Waals surface area contributed by atoms with Crippen molar-refractivity contribution in [3.8, 4) is 0 Å². The van der Waals surface area contributed by atoms with E-state index in [0.29, 0.717) is 23.9 Å². The van der Waals surface area contributed by atoms with Crippen LogP contribution in [0.3, 0.4) is 0 Å². The predicted molar refractivity (Wildman–Crippen MR) is 118 cm³/mol. The minimum absolute atomic E-state index is 0.0898. The smallest absolute Gasteiger partial charge is 0.261 e. The molecule has 1 saturated heterocycles. The Kier molecular flexibility index (Phi) is 5.54. The van der Waals surface area contributed by atoms with Crippen LogP contribution < -0.4 is 5.56 Å². The van der Waals surface area contributed by atoms with Crippen LogP contribution in [0.1, 0.15) is 42.0 Å². The first-order valence-corrected chi connectivity index (χ1v) is 10.7. The molecule has 0 saturated carbocycles. The van der Waals surface area contributed by atoms with Gasteiger partial charge in [0.1, 0.15) is 0 Å². The summed E-state index contributed by atoms with van der Waals surface area (Å²) in [4.78, 5) is 32.0. The molecule has 4 rings (SSSR count). The minimum Gasteiger partial charge on any atom is -0.336 e. The van der Waals surface area contributed by atoms with Crippen molar-refractivity contribution >= 4 is 32.7 Å². The number of carbonyl (C=O) groups is 1. The molecule has 1 fully saturated rings. The molecule has 6 heteroatoms. The highest BCUT2D eigenvalue weighted by molar-refractivity contribution is 9.10. The largest absolute Gasteiger partial charge is 0.336 e. The molecular weight excluding hydrogens is 430 g/mol. The minimum atomic E-state index is -0.115. The molecule has 2 heterocycles. The summed E-state index contributed by atoms with van der Waals surface area (Å²) in [5.41, 5.74) is 4.26. The monoisotopic (exact) mass is 453 g/mol. The highest BCUT2D eigenvalue weighted by atomic mass is 79.9. The number of benzene rings is 2. The van der Waals surface area contributed by atoms with Gasteiger partial charge in [-0.1, -0.05) is 34.1 Å². The molecule has 150 valence electrons. The zero-order valence-electron chi connectivity index (χ0n) is 16.7. The number of fused-ring (bicyclic) bond motifs is 1. The quantitative estimate of drug-likeness (QED) is 0.582. The molecule has 1 atom stereocenters. The van der Waals surface area contributed by atoms with Gasteiger partial charge in [-0.3, -0.25) is 14.2 Å². The summed E-state index contributed by atoms with van der Waals surface area (Å²) in [6.07, 6.45) is 3.83. The van der Waals surface area contributed by atoms with Crippen LogP contribution in [-0.2, 0) is 11.3 Å². The lowest BCUT2D eigenvalue weighted by Crippen LogP contribution is -2.32. The maximum atomic E-state index is 13.0. The van der Waals surface area contributed by atoms with Gasteiger partial charge in [-0.2, -0.15) is 0 Å². The molecule has 1 amide bonds. The third kappa shape index (κ3) is 3.99. The van der Waals surface area contributed by atoms with Crippen LogP contribution in [0.4, 0.5) is 0 Å². The number of carbonyl (C=O) groups excluding carboxylic acids is 1. The lowest BCUT2D eigenvalue weighted by molar-refractivity contribution is -0.132. The fraction of sp³-hybridized carbons (Fsp3) is 0.348. The second-order valence-corrected chi connectivity index (χ2v) is 8.66. The van der Waals surface area contributed by atoms with Crippen molar-refractivity contribution in [2.75, 3.05) is 6.54 Å². The fourth-order valence-electron chi connectivity index (χ4n) is 4.03. The summed E-state index contributed by atoms with van der Waals surface area (Å²) in [6.45, 7) is 5.32. The number of aromatic nitrogens is 2. The van der Waals surface area contributed by atoms with E-state index >= 15 is 0 Å². The van der Waals surface area contributed by atoms with Crippen LogP contribution in [0.25, 0.3) is 10.9 Å². The number of likely N-dealkylation sites (tertiary alicyclic amines) is 1. The molecule has 1 aliphatic rings. The van der Waals surface area contributed by atoms with E-state index in [1.807, 2.05) is 17.0 Å². The van der Waals surface area contributed by atoms with Crippen LogP contribution in [0, 0.1) is 13.8 Å². The van der Waals surface area contributed by atoms with Gasteiger partial charge in [0, 0.05) is 24.0 Å². The first-order chi connectivity index (χ1) is 13.9. The van der Waals surface area contributed by atoms with E-state index in [1.165, 1.54) is 27.6 Å². The molecule has 5 nitrogen and oxygen atoms in total. The normalized spacial score (nSPS) is 16.5. The number of amides is 1. The van der Waals surface area contributed by atoms with Crippen molar-refractivity contribution in [2.24, 2.45) is 0 Å². The third-order valence-electron chi connectivity index (χ3n) is 5.84. The van der Waals surface area contributed by atoms with Gasteiger partial charge in [0.05, 0.1) is 23.3 Å². The first kappa shape index (κ1) is 19.8. The second kappa shape index (κ2) is 8.11. The Balaban J connectivity index is 1.50. The number of halogens is 1. The Hall–Kier alpha value is -2.47. The van der Waals surface area contributed by atoms with Crippen molar-refractivity contribution in [3.63, 3.8) is 0 Å². The molecule has 1 unspecified atom stereocenters. The van der Waals surface area contributed by atoms with Gasteiger partial charge < -0.3 is 4.90 Å². The van der Waals surface area contributed by atoms with E-state index in [0.717, 1.165) is 23.9 Å². The van der Waals surface area contributed by atoms with Crippen molar-refractivity contribution < 1.29 is 4.79 Å². The highest BCUT2D eigenvalue weighted by Crippen LogP contribution is 2.33. The maximum absolute atomic E-state index is 13.0. The highest BCUT2D eigenvalue weighted by Gasteiger charge is 2.29. The molecule has 0 N–H and O–H groups in total. The van der Waals surface area contributed by atoms with E-state index in [4.69, 9.17) is 0 Å². The van der Waals surface area contributed by atoms with Gasteiger partial charge in [0.15, 0.2) is 0 Å². The predicted octanol–water partition coefficient (Wildman–Crippen LogP) is 4.53. The molecule has 29 heavy (non-hydrogen) atoms. The van der Waals surface area contributed by atoms with Crippen molar-refractivity contribution in [2.45, 2.75) is 45.7 Å². The number of nitrogens with zero attached hydrogens (tertiary/aromatic N) is 3. The zero-order chi connectivity index (χ0) is 20.5. The summed E-state index contributed by atoms with van der Waals surface area (Å²) >= 11 is 3.40. The molecule has 1 aliphatic heterocycles. The van der Waals surface area contributed by atoms with E-state index in [1.54, 1.807) is 6.07 Å². The molecule has 0 aliphatic carbocycles. The average molecular weight is 454 g/mol. The molecule has 3 aromatic rings. The fourth-order valence-corrected chi connectivity index (χ4v) is 4.39. The van der Waals surface area contributed by atoms with Gasteiger partial charge in [-0.15, -0.1) is 0 Å². The summed E-state index contributed by atoms with van der Waals surface area (Å²) in [7, 11) is 0. The van der Waals surface area contributed by atoms with Crippen LogP contribution in [0.2, 0.25) is 0 Å². The van der Waals surface area contributed by atoms with E-state index in [9.17, 15) is 9.59 Å². The molecule has 1 aromatic heterocycles. The Morgan fingerprint density at radius 1 is 1.17 bits per heavy atom. The molecule has 0 bridgehead atoms. The van der Waals surface area contributed by atoms with Gasteiger partial charge >= 0.3 is 0 Å². The number of rotatable bonds is 4. The summed E-state index contributed by atoms with van der Waals surface area (Å²) in [5, 5.41) is 0.559. The second-order valence-electron chi connectivity index (χ2n) is 7.74. The van der Waals surface area contributed by atoms with Gasteiger partial charge in [-0.05, 0) is 61.6 Å². The van der Waals surface area contributed by atoms with E-state index in [2.05, 4.69) is 53.0 Å². The van der Waals surface area contributed by atoms with Crippen LogP contribution in [0.5, 0.6) is 0 Å². The number of hydrogen-bond acceptors (Lipinski definition) is 3. The molecular formula is C23H24BrN3O2. The Morgan fingerprint density at radius 2 is 2.00 bits per heavy atom. The summed E-state index contributed by atoms with van der Waals surface area (Å²) < 4.78 is 2.37. The zero-order valence-corrected chi connectivity index (χ0v) is 18.3. The van der Waals surface area contributed by atoms with Crippen LogP contribution in [0.15, 0.2) is 52.0 Å². The first-order valence-electron chi connectivity index (χ1n) is 9.95. The number of hydrogen-bond donors (Lipinski definition) is 0. The lowest BCUT2D eigenvalue weighted by Gasteiger charge is -2.26. The van der Waals surface area contributed by atoms with Crippen LogP contribution >= 0.6 is 15.9 Å². The Morgan fingerprint density at radius 3 is 2.79 bits per heavy atom. The number of aryl methyl sites for hydroxylation is 3. The third-order valence-corrected chi connectivity index (χ3v) is 6.33. The Bertz CT molecular complexity index is 1140.